The number of hydrogen-bond acceptors (Lipinski definition) is 2. The minimum atomic E-state index is -0.484. The third-order valence-electron chi connectivity index (χ3n) is 5.82. The van der Waals surface area contributed by atoms with Gasteiger partial charge in [0.05, 0.1) is 25.1 Å². The van der Waals surface area contributed by atoms with Crippen LogP contribution in [0.4, 0.5) is 0 Å². The van der Waals surface area contributed by atoms with Gasteiger partial charge in [0.2, 0.25) is 0 Å². The summed E-state index contributed by atoms with van der Waals surface area (Å²) in [4.78, 5) is 0. The van der Waals surface area contributed by atoms with Crippen molar-refractivity contribution >= 4 is 7.92 Å². The minimum Gasteiger partial charge on any atom is -0.394 e. The zero-order valence-electron chi connectivity index (χ0n) is 19.7. The van der Waals surface area contributed by atoms with Crippen LogP contribution in [0.2, 0.25) is 0 Å². The monoisotopic (exact) mass is 417 g/mol. The van der Waals surface area contributed by atoms with E-state index in [0.717, 1.165) is 12.1 Å². The van der Waals surface area contributed by atoms with Gasteiger partial charge in [-0.05, 0) is 18.8 Å². The van der Waals surface area contributed by atoms with Crippen molar-refractivity contribution in [3.63, 3.8) is 0 Å². The van der Waals surface area contributed by atoms with Gasteiger partial charge >= 0.3 is 0 Å². The molecule has 0 fully saturated rings. The molecule has 2 nitrogen and oxygen atoms in total. The lowest BCUT2D eigenvalue weighted by atomic mass is 10.0. The van der Waals surface area contributed by atoms with Gasteiger partial charge in [-0.25, -0.2) is 0 Å². The molecule has 0 spiro atoms. The number of aliphatic hydroxyl groups excluding tert-OH is 2. The van der Waals surface area contributed by atoms with Crippen molar-refractivity contribution in [3.8, 4) is 0 Å². The SMILES string of the molecule is CCCCCCCCCCCCCCCCCC[PH+](CC(C)C)CC(O)CO. The molecule has 0 aliphatic carbocycles. The Morgan fingerprint density at radius 1 is 0.607 bits per heavy atom. The summed E-state index contributed by atoms with van der Waals surface area (Å²) in [6.45, 7) is 6.79. The normalized spacial score (nSPS) is 13.9. The highest BCUT2D eigenvalue weighted by atomic mass is 31.1. The van der Waals surface area contributed by atoms with Crippen LogP contribution in [0.5, 0.6) is 0 Å². The van der Waals surface area contributed by atoms with E-state index in [0.29, 0.717) is 0 Å². The van der Waals surface area contributed by atoms with Crippen LogP contribution < -0.4 is 0 Å². The topological polar surface area (TPSA) is 40.5 Å². The molecule has 2 unspecified atom stereocenters. The number of aliphatic hydroxyl groups is 2. The first-order chi connectivity index (χ1) is 13.6. The van der Waals surface area contributed by atoms with E-state index in [4.69, 9.17) is 5.11 Å². The third-order valence-corrected chi connectivity index (χ3v) is 9.32. The van der Waals surface area contributed by atoms with Gasteiger partial charge in [0.25, 0.3) is 0 Å². The van der Waals surface area contributed by atoms with Gasteiger partial charge in [-0.3, -0.25) is 0 Å². The second-order valence-corrected chi connectivity index (χ2v) is 12.3. The quantitative estimate of drug-likeness (QED) is 0.142. The molecule has 170 valence electrons. The van der Waals surface area contributed by atoms with E-state index in [9.17, 15) is 5.11 Å². The van der Waals surface area contributed by atoms with E-state index in [1.807, 2.05) is 0 Å². The highest BCUT2D eigenvalue weighted by Gasteiger charge is 2.21. The first-order valence-corrected chi connectivity index (χ1v) is 14.8. The zero-order chi connectivity index (χ0) is 20.9. The Hall–Kier alpha value is 0.350. The average Bonchev–Trinajstić information content (AvgIpc) is 2.66. The fraction of sp³-hybridized carbons (Fsp3) is 1.00. The fourth-order valence-electron chi connectivity index (χ4n) is 4.19. The maximum Gasteiger partial charge on any atom is 0.110 e. The maximum atomic E-state index is 9.75. The van der Waals surface area contributed by atoms with Gasteiger partial charge < -0.3 is 10.2 Å². The van der Waals surface area contributed by atoms with E-state index in [1.54, 1.807) is 0 Å². The summed E-state index contributed by atoms with van der Waals surface area (Å²) >= 11 is 0. The second kappa shape index (κ2) is 22.0. The van der Waals surface area contributed by atoms with Crippen molar-refractivity contribution in [3.05, 3.63) is 0 Å². The molecule has 0 saturated heterocycles. The Morgan fingerprint density at radius 2 is 1.00 bits per heavy atom. The largest absolute Gasteiger partial charge is 0.394 e. The molecule has 0 bridgehead atoms. The predicted octanol–water partition coefficient (Wildman–Crippen LogP) is 7.47. The molecule has 28 heavy (non-hydrogen) atoms. The molecule has 0 aliphatic heterocycles. The molecule has 0 heterocycles. The summed E-state index contributed by atoms with van der Waals surface area (Å²) < 4.78 is 0. The van der Waals surface area contributed by atoms with Crippen molar-refractivity contribution in [2.45, 2.75) is 130 Å². The van der Waals surface area contributed by atoms with Crippen molar-refractivity contribution in [1.82, 2.24) is 0 Å². The van der Waals surface area contributed by atoms with E-state index in [1.165, 1.54) is 115 Å². The predicted molar refractivity (Wildman–Crippen MR) is 130 cm³/mol. The molecule has 2 atom stereocenters. The van der Waals surface area contributed by atoms with Crippen molar-refractivity contribution < 1.29 is 10.2 Å². The number of unbranched alkanes of at least 4 members (excludes halogenated alkanes) is 15. The highest BCUT2D eigenvalue weighted by molar-refractivity contribution is 7.57. The average molecular weight is 418 g/mol. The van der Waals surface area contributed by atoms with Gasteiger partial charge in [0, 0.05) is 7.92 Å². The van der Waals surface area contributed by atoms with Gasteiger partial charge in [-0.15, -0.1) is 0 Å². The maximum absolute atomic E-state index is 9.75. The van der Waals surface area contributed by atoms with Crippen LogP contribution in [0.3, 0.4) is 0 Å². The van der Waals surface area contributed by atoms with Gasteiger partial charge in [-0.2, -0.15) is 0 Å². The molecule has 0 aromatic carbocycles. The first kappa shape index (κ1) is 28.4. The fourth-order valence-corrected chi connectivity index (χ4v) is 7.46. The van der Waals surface area contributed by atoms with Crippen LogP contribution in [0.15, 0.2) is 0 Å². The second-order valence-electron chi connectivity index (χ2n) is 9.44. The highest BCUT2D eigenvalue weighted by Crippen LogP contribution is 2.39. The molecule has 0 aromatic rings. The summed E-state index contributed by atoms with van der Waals surface area (Å²) in [6.07, 6.45) is 25.7. The molecular formula is C25H54O2P+. The molecule has 0 aliphatic rings. The Bertz CT molecular complexity index is 296. The Labute approximate surface area is 179 Å². The summed E-state index contributed by atoms with van der Waals surface area (Å²) in [7, 11) is -0.484. The van der Waals surface area contributed by atoms with Gasteiger partial charge in [-0.1, -0.05) is 111 Å². The zero-order valence-corrected chi connectivity index (χ0v) is 20.7. The van der Waals surface area contributed by atoms with E-state index in [-0.39, 0.29) is 6.61 Å². The lowest BCUT2D eigenvalue weighted by Gasteiger charge is -2.15. The van der Waals surface area contributed by atoms with Crippen LogP contribution in [0.25, 0.3) is 0 Å². The van der Waals surface area contributed by atoms with Crippen molar-refractivity contribution in [1.29, 1.82) is 0 Å². The summed E-state index contributed by atoms with van der Waals surface area (Å²) in [5.74, 6) is 0.723. The number of rotatable bonds is 22. The summed E-state index contributed by atoms with van der Waals surface area (Å²) in [5.41, 5.74) is 0. The molecule has 0 aromatic heterocycles. The van der Waals surface area contributed by atoms with E-state index >= 15 is 0 Å². The van der Waals surface area contributed by atoms with Crippen LogP contribution in [-0.4, -0.2) is 41.4 Å². The first-order valence-electron chi connectivity index (χ1n) is 12.7. The van der Waals surface area contributed by atoms with Crippen LogP contribution >= 0.6 is 7.92 Å². The summed E-state index contributed by atoms with van der Waals surface area (Å²) in [6, 6.07) is 0. The third kappa shape index (κ3) is 21.1. The smallest absolute Gasteiger partial charge is 0.110 e. The minimum absolute atomic E-state index is 0.0643. The van der Waals surface area contributed by atoms with Crippen molar-refractivity contribution in [2.24, 2.45) is 5.92 Å². The van der Waals surface area contributed by atoms with Crippen LogP contribution in [-0.2, 0) is 0 Å². The Morgan fingerprint density at radius 3 is 1.36 bits per heavy atom. The number of hydrogen-bond donors (Lipinski definition) is 2. The molecule has 3 heteroatoms. The summed E-state index contributed by atoms with van der Waals surface area (Å²) in [5, 5.41) is 18.8. The Kier molecular flexibility index (Phi) is 22.3. The van der Waals surface area contributed by atoms with E-state index < -0.39 is 14.0 Å². The standard InChI is InChI=1S/C25H53O2P/c1-4-5-6-7-8-9-10-11-12-13-14-15-16-17-18-19-20-28(22-24(2)3)23-25(27)21-26/h24-27H,4-23H2,1-3H3/p+1. The molecule has 0 amide bonds. The molecule has 2 N–H and O–H groups in total. The van der Waals surface area contributed by atoms with Crippen LogP contribution in [0.1, 0.15) is 124 Å². The van der Waals surface area contributed by atoms with Crippen LogP contribution in [0, 0.1) is 5.92 Å². The molecule has 0 saturated carbocycles. The lowest BCUT2D eigenvalue weighted by molar-refractivity contribution is 0.112. The molecular weight excluding hydrogens is 363 g/mol. The van der Waals surface area contributed by atoms with Gasteiger partial charge in [0.1, 0.15) is 6.10 Å². The van der Waals surface area contributed by atoms with E-state index in [2.05, 4.69) is 20.8 Å². The van der Waals surface area contributed by atoms with Gasteiger partial charge in [0.15, 0.2) is 0 Å². The Balaban J connectivity index is 3.37. The lowest BCUT2D eigenvalue weighted by Crippen LogP contribution is -2.18. The van der Waals surface area contributed by atoms with Crippen molar-refractivity contribution in [2.75, 3.05) is 25.1 Å². The molecule has 0 radical (unpaired) electrons. The molecule has 0 rings (SSSR count).